The Kier molecular flexibility index (Phi) is 8.50. The fraction of sp³-hybridized carbons (Fsp3) is 0.206. The van der Waals surface area contributed by atoms with E-state index in [2.05, 4.69) is 20.6 Å². The van der Waals surface area contributed by atoms with Crippen LogP contribution in [-0.2, 0) is 11.2 Å². The van der Waals surface area contributed by atoms with Crippen LogP contribution in [0.25, 0.3) is 22.0 Å². The van der Waals surface area contributed by atoms with Crippen LogP contribution in [0, 0.1) is 12.7 Å². The van der Waals surface area contributed by atoms with Crippen LogP contribution < -0.4 is 15.4 Å². The number of aryl methyl sites for hydroxylation is 1. The molecule has 11 heteroatoms. The van der Waals surface area contributed by atoms with Gasteiger partial charge in [-0.15, -0.1) is 0 Å². The predicted molar refractivity (Wildman–Crippen MR) is 169 cm³/mol. The second-order valence-corrected chi connectivity index (χ2v) is 10.9. The van der Waals surface area contributed by atoms with Gasteiger partial charge in [-0.05, 0) is 67.3 Å². The molecule has 0 spiro atoms. The minimum atomic E-state index is -0.935. The zero-order chi connectivity index (χ0) is 31.3. The molecule has 2 amide bonds. The summed E-state index contributed by atoms with van der Waals surface area (Å²) in [5, 5.41) is 17.2. The maximum Gasteiger partial charge on any atom is 0.407 e. The fourth-order valence-corrected chi connectivity index (χ4v) is 5.50. The lowest BCUT2D eigenvalue weighted by Gasteiger charge is -2.31. The molecule has 45 heavy (non-hydrogen) atoms. The maximum atomic E-state index is 13.6. The molecule has 1 unspecified atom stereocenters. The molecule has 228 valence electrons. The molecule has 2 aromatic heterocycles. The van der Waals surface area contributed by atoms with Crippen molar-refractivity contribution in [2.24, 2.45) is 0 Å². The summed E-state index contributed by atoms with van der Waals surface area (Å²) < 4.78 is 20.1. The summed E-state index contributed by atoms with van der Waals surface area (Å²) in [5.74, 6) is 0.659. The van der Waals surface area contributed by atoms with E-state index in [9.17, 15) is 19.1 Å². The number of hydrogen-bond acceptors (Lipinski definition) is 7. The van der Waals surface area contributed by atoms with Crippen molar-refractivity contribution in [2.75, 3.05) is 23.7 Å². The van der Waals surface area contributed by atoms with E-state index in [0.717, 1.165) is 29.2 Å². The lowest BCUT2D eigenvalue weighted by molar-refractivity contribution is -0.115. The molecule has 3 heterocycles. The Morgan fingerprint density at radius 1 is 1.02 bits per heavy atom. The van der Waals surface area contributed by atoms with Crippen molar-refractivity contribution in [1.29, 1.82) is 0 Å². The van der Waals surface area contributed by atoms with Gasteiger partial charge in [-0.3, -0.25) is 4.79 Å². The number of rotatable bonds is 8. The summed E-state index contributed by atoms with van der Waals surface area (Å²) in [6.45, 7) is 2.81. The van der Waals surface area contributed by atoms with E-state index in [4.69, 9.17) is 9.72 Å². The largest absolute Gasteiger partial charge is 0.465 e. The Morgan fingerprint density at radius 2 is 1.89 bits per heavy atom. The first-order chi connectivity index (χ1) is 21.8. The Labute approximate surface area is 258 Å². The summed E-state index contributed by atoms with van der Waals surface area (Å²) in [5.41, 5.74) is 3.29. The van der Waals surface area contributed by atoms with Gasteiger partial charge < -0.3 is 25.4 Å². The third-order valence-electron chi connectivity index (χ3n) is 7.66. The van der Waals surface area contributed by atoms with E-state index < -0.39 is 6.09 Å². The molecule has 0 radical (unpaired) electrons. The number of halogens is 1. The van der Waals surface area contributed by atoms with Crippen LogP contribution in [0.15, 0.2) is 85.2 Å². The predicted octanol–water partition coefficient (Wildman–Crippen LogP) is 6.67. The second kappa shape index (κ2) is 13.0. The number of aromatic nitrogens is 3. The summed E-state index contributed by atoms with van der Waals surface area (Å²) in [4.78, 5) is 39.3. The Morgan fingerprint density at radius 3 is 2.73 bits per heavy atom. The minimum absolute atomic E-state index is 0.0367. The van der Waals surface area contributed by atoms with Gasteiger partial charge in [-0.25, -0.2) is 24.1 Å². The zero-order valence-corrected chi connectivity index (χ0v) is 24.5. The normalized spacial score (nSPS) is 14.6. The number of ether oxygens (including phenoxy) is 1. The highest BCUT2D eigenvalue weighted by atomic mass is 19.1. The summed E-state index contributed by atoms with van der Waals surface area (Å²) in [6.07, 6.45) is 3.95. The number of anilines is 2. The Bertz CT molecular complexity index is 1880. The molecule has 6 rings (SSSR count). The quantitative estimate of drug-likeness (QED) is 0.179. The van der Waals surface area contributed by atoms with Crippen molar-refractivity contribution in [2.45, 2.75) is 32.2 Å². The van der Waals surface area contributed by atoms with Crippen LogP contribution in [0.3, 0.4) is 0 Å². The van der Waals surface area contributed by atoms with Gasteiger partial charge in [0.1, 0.15) is 11.6 Å². The number of nitrogens with one attached hydrogen (secondary N) is 2. The average molecular weight is 607 g/mol. The summed E-state index contributed by atoms with van der Waals surface area (Å²) >= 11 is 0. The van der Waals surface area contributed by atoms with E-state index >= 15 is 0 Å². The molecule has 0 aliphatic carbocycles. The monoisotopic (exact) mass is 606 g/mol. The molecule has 0 saturated carbocycles. The van der Waals surface area contributed by atoms with Crippen molar-refractivity contribution in [1.82, 2.24) is 19.9 Å². The van der Waals surface area contributed by atoms with E-state index in [1.165, 1.54) is 17.0 Å². The van der Waals surface area contributed by atoms with Gasteiger partial charge in [0.05, 0.1) is 17.7 Å². The van der Waals surface area contributed by atoms with Crippen LogP contribution in [-0.4, -0.2) is 56.1 Å². The maximum absolute atomic E-state index is 13.6. The van der Waals surface area contributed by atoms with Crippen molar-refractivity contribution in [3.05, 3.63) is 102 Å². The van der Waals surface area contributed by atoms with Gasteiger partial charge >= 0.3 is 6.09 Å². The molecule has 1 aliphatic heterocycles. The zero-order valence-electron chi connectivity index (χ0n) is 24.5. The van der Waals surface area contributed by atoms with Crippen LogP contribution in [0.4, 0.5) is 20.8 Å². The summed E-state index contributed by atoms with van der Waals surface area (Å²) in [7, 11) is 0. The van der Waals surface area contributed by atoms with Crippen molar-refractivity contribution >= 4 is 34.4 Å². The third-order valence-corrected chi connectivity index (χ3v) is 7.66. The highest BCUT2D eigenvalue weighted by Gasteiger charge is 2.24. The van der Waals surface area contributed by atoms with E-state index in [0.29, 0.717) is 53.2 Å². The molecular weight excluding hydrogens is 575 g/mol. The second-order valence-electron chi connectivity index (χ2n) is 10.9. The number of benzene rings is 3. The number of nitrogens with zero attached hydrogens (tertiary/aromatic N) is 4. The topological polar surface area (TPSA) is 130 Å². The van der Waals surface area contributed by atoms with E-state index in [-0.39, 0.29) is 24.2 Å². The number of likely N-dealkylation sites (tertiary alicyclic amines) is 1. The van der Waals surface area contributed by atoms with Gasteiger partial charge in [-0.2, -0.15) is 0 Å². The number of fused-ring (bicyclic) bond motifs is 1. The number of pyridine rings is 1. The van der Waals surface area contributed by atoms with Gasteiger partial charge in [0, 0.05) is 48.0 Å². The SMILES string of the molecule is Cc1ccc2c(NC(=O)Cc3cccc(F)c3)cccc2c1Oc1ncccc1-c1ccnc(NC2CCCN(C(=O)O)C2)n1. The first-order valence-electron chi connectivity index (χ1n) is 14.6. The van der Waals surface area contributed by atoms with Gasteiger partial charge in [0.25, 0.3) is 0 Å². The van der Waals surface area contributed by atoms with Crippen molar-refractivity contribution in [3.63, 3.8) is 0 Å². The number of carbonyl (C=O) groups is 2. The molecule has 1 fully saturated rings. The molecule has 5 aromatic rings. The highest BCUT2D eigenvalue weighted by molar-refractivity contribution is 6.05. The first kappa shape index (κ1) is 29.5. The van der Waals surface area contributed by atoms with Crippen LogP contribution in [0.2, 0.25) is 0 Å². The number of piperidine rings is 1. The lowest BCUT2D eigenvalue weighted by Crippen LogP contribution is -2.44. The standard InChI is InChI=1S/C34H31FN6O4/c1-21-12-13-25-26(9-3-11-28(25)39-30(42)19-22-6-2-7-23(35)18-22)31(21)45-32-27(10-4-15-36-32)29-14-16-37-33(40-29)38-24-8-5-17-41(20-24)34(43)44/h2-4,6-7,9-16,18,24H,5,8,17,19-20H2,1H3,(H,39,42)(H,43,44)(H,37,38,40). The molecule has 1 aliphatic rings. The van der Waals surface area contributed by atoms with Gasteiger partial charge in [0.15, 0.2) is 0 Å². The number of carboxylic acid groups (broad SMARTS) is 1. The van der Waals surface area contributed by atoms with E-state index in [1.54, 1.807) is 36.7 Å². The summed E-state index contributed by atoms with van der Waals surface area (Å²) in [6, 6.07) is 20.7. The Balaban J connectivity index is 1.26. The van der Waals surface area contributed by atoms with Crippen LogP contribution in [0.5, 0.6) is 11.6 Å². The highest BCUT2D eigenvalue weighted by Crippen LogP contribution is 2.38. The Hall–Kier alpha value is -5.58. The minimum Gasteiger partial charge on any atom is -0.465 e. The van der Waals surface area contributed by atoms with Gasteiger partial charge in [-0.1, -0.05) is 36.4 Å². The third kappa shape index (κ3) is 6.82. The molecule has 3 N–H and O–H groups in total. The van der Waals surface area contributed by atoms with E-state index in [1.807, 2.05) is 43.3 Å². The molecule has 1 atom stereocenters. The smallest absolute Gasteiger partial charge is 0.407 e. The first-order valence-corrected chi connectivity index (χ1v) is 14.6. The number of amides is 2. The number of hydrogen-bond donors (Lipinski definition) is 3. The van der Waals surface area contributed by atoms with Gasteiger partial charge in [0.2, 0.25) is 17.7 Å². The molecule has 1 saturated heterocycles. The van der Waals surface area contributed by atoms with Crippen molar-refractivity contribution < 1.29 is 23.8 Å². The lowest BCUT2D eigenvalue weighted by atomic mass is 10.0. The van der Waals surface area contributed by atoms with Crippen LogP contribution >= 0.6 is 0 Å². The van der Waals surface area contributed by atoms with Crippen molar-refractivity contribution in [3.8, 4) is 22.9 Å². The molecule has 3 aromatic carbocycles. The number of carbonyl (C=O) groups excluding carboxylic acids is 1. The molecule has 0 bridgehead atoms. The fourth-order valence-electron chi connectivity index (χ4n) is 5.50. The van der Waals surface area contributed by atoms with Crippen LogP contribution in [0.1, 0.15) is 24.0 Å². The molecule has 10 nitrogen and oxygen atoms in total. The average Bonchev–Trinajstić information content (AvgIpc) is 3.03. The molecular formula is C34H31FN6O4.